The number of fused-ring (bicyclic) bond motifs is 1. The van der Waals surface area contributed by atoms with Crippen molar-refractivity contribution in [1.82, 2.24) is 4.72 Å². The second-order valence-corrected chi connectivity index (χ2v) is 5.43. The van der Waals surface area contributed by atoms with Gasteiger partial charge in [-0.3, -0.25) is 13.9 Å². The first-order valence-corrected chi connectivity index (χ1v) is 6.85. The van der Waals surface area contributed by atoms with E-state index in [1.54, 1.807) is 12.1 Å². The maximum absolute atomic E-state index is 11.1. The van der Waals surface area contributed by atoms with E-state index >= 15 is 0 Å². The molecule has 12 heteroatoms. The Morgan fingerprint density at radius 2 is 1.53 bits per heavy atom. The van der Waals surface area contributed by atoms with Gasteiger partial charge in [0.15, 0.2) is 0 Å². The van der Waals surface area contributed by atoms with Crippen LogP contribution in [0.4, 0.5) is 0 Å². The van der Waals surface area contributed by atoms with Crippen LogP contribution in [-0.4, -0.2) is 63.5 Å². The van der Waals surface area contributed by atoms with Crippen LogP contribution < -0.4 is 4.72 Å². The summed E-state index contributed by atoms with van der Waals surface area (Å²) in [6, 6.07) is 6.09. The van der Waals surface area contributed by atoms with Crippen LogP contribution >= 0.6 is 0 Å². The molecule has 1 aliphatic rings. The number of benzene rings is 1. The molecule has 0 unspecified atom stereocenters. The van der Waals surface area contributed by atoms with Gasteiger partial charge in [0.1, 0.15) is 4.90 Å². The molecule has 5 N–H and O–H groups in total. The zero-order valence-electron chi connectivity index (χ0n) is 9.27. The van der Waals surface area contributed by atoms with E-state index in [4.69, 9.17) is 17.5 Å². The summed E-state index contributed by atoms with van der Waals surface area (Å²) in [5, 5.41) is 0. The Kier molecular flexibility index (Phi) is 7.85. The van der Waals surface area contributed by atoms with Gasteiger partial charge in [-0.25, -0.2) is 13.1 Å². The summed E-state index contributed by atoms with van der Waals surface area (Å²) in [5.41, 5.74) is 0.220. The third kappa shape index (κ3) is 6.36. The van der Waals surface area contributed by atoms with Crippen LogP contribution in [0.1, 0.15) is 10.4 Å². The summed E-state index contributed by atoms with van der Waals surface area (Å²) < 4.78 is 55.7. The molecule has 0 fully saturated rings. The predicted molar refractivity (Wildman–Crippen MR) is 68.8 cm³/mol. The summed E-state index contributed by atoms with van der Waals surface area (Å²) in [5.74, 6) is -0.550. The Hall–Kier alpha value is -0.647. The second kappa shape index (κ2) is 7.22. The maximum atomic E-state index is 11.1. The van der Waals surface area contributed by atoms with Crippen molar-refractivity contribution >= 4 is 52.5 Å². The minimum absolute atomic E-state index is 0. The Bertz CT molecular complexity index is 645. The van der Waals surface area contributed by atoms with Gasteiger partial charge in [0.25, 0.3) is 15.9 Å². The molecule has 2 rings (SSSR count). The second-order valence-electron chi connectivity index (χ2n) is 2.88. The van der Waals surface area contributed by atoms with Crippen molar-refractivity contribution in [2.75, 3.05) is 0 Å². The van der Waals surface area contributed by atoms with Crippen molar-refractivity contribution in [3.63, 3.8) is 0 Å². The van der Waals surface area contributed by atoms with E-state index in [1.807, 2.05) is 4.72 Å². The summed E-state index contributed by atoms with van der Waals surface area (Å²) in [7, 11) is -8.22. The normalized spacial score (nSPS) is 14.7. The Morgan fingerprint density at radius 1 is 1.11 bits per heavy atom. The number of carbonyl (C=O) groups is 1. The van der Waals surface area contributed by atoms with Gasteiger partial charge >= 0.3 is 36.6 Å². The number of hydrogen-bond donors (Lipinski definition) is 3. The Morgan fingerprint density at radius 3 is 1.95 bits per heavy atom. The van der Waals surface area contributed by atoms with Gasteiger partial charge in [0, 0.05) is 0 Å². The predicted octanol–water partition coefficient (Wildman–Crippen LogP) is -2.54. The number of sulfonamides is 1. The standard InChI is InChI=1S/C7H5NO3S.Bi.H2O4S.H2O.3H/c9-7-5-3-1-2-4-6(5)12(10,11)8-7;;1-5(2,3)4;;;;/h1-4H,(H,8,9);;(H2,1,2,3,4);1H2;;;. The first-order valence-electron chi connectivity index (χ1n) is 3.97. The van der Waals surface area contributed by atoms with Crippen molar-refractivity contribution in [2.24, 2.45) is 0 Å². The Labute approximate surface area is 128 Å². The number of nitrogens with one attached hydrogen (secondary N) is 1. The van der Waals surface area contributed by atoms with E-state index in [1.165, 1.54) is 12.1 Å². The molecule has 0 radical (unpaired) electrons. The first kappa shape index (κ1) is 20.7. The van der Waals surface area contributed by atoms with Crippen LogP contribution in [0.15, 0.2) is 29.2 Å². The minimum atomic E-state index is -4.67. The molecule has 0 saturated carbocycles. The number of rotatable bonds is 0. The van der Waals surface area contributed by atoms with E-state index in [9.17, 15) is 13.2 Å². The van der Waals surface area contributed by atoms with E-state index in [0.29, 0.717) is 0 Å². The summed E-state index contributed by atoms with van der Waals surface area (Å²) in [4.78, 5) is 11.1. The van der Waals surface area contributed by atoms with Gasteiger partial charge in [-0.05, 0) is 12.1 Å². The molecule has 1 aromatic carbocycles. The van der Waals surface area contributed by atoms with Gasteiger partial charge in [-0.2, -0.15) is 8.42 Å². The van der Waals surface area contributed by atoms with Crippen LogP contribution in [0.2, 0.25) is 0 Å². The zero-order chi connectivity index (χ0) is 13.3. The molecule has 19 heavy (non-hydrogen) atoms. The van der Waals surface area contributed by atoms with Crippen molar-refractivity contribution in [1.29, 1.82) is 0 Å². The molecule has 0 saturated heterocycles. The molecule has 0 spiro atoms. The molecule has 1 aliphatic heterocycles. The fraction of sp³-hybridized carbons (Fsp3) is 0. The molecule has 1 heterocycles. The van der Waals surface area contributed by atoms with Crippen molar-refractivity contribution in [3.8, 4) is 0 Å². The topological polar surface area (TPSA) is 169 Å². The van der Waals surface area contributed by atoms with Crippen molar-refractivity contribution < 1.29 is 36.2 Å². The van der Waals surface area contributed by atoms with Crippen molar-refractivity contribution in [3.05, 3.63) is 29.8 Å². The molecular formula is C7H12BiNO8S2. The number of hydrogen-bond acceptors (Lipinski definition) is 5. The quantitative estimate of drug-likeness (QED) is 0.255. The SMILES string of the molecule is O.O=C1NS(=O)(=O)c2ccccc21.O=S(=O)(O)O.[BiH3]. The molecule has 9 nitrogen and oxygen atoms in total. The van der Waals surface area contributed by atoms with E-state index in [-0.39, 0.29) is 42.1 Å². The fourth-order valence-corrected chi connectivity index (χ4v) is 2.29. The van der Waals surface area contributed by atoms with Gasteiger partial charge in [0.05, 0.1) is 5.56 Å². The molecule has 110 valence electrons. The third-order valence-electron chi connectivity index (χ3n) is 1.65. The van der Waals surface area contributed by atoms with Crippen LogP contribution in [0.25, 0.3) is 0 Å². The summed E-state index contributed by atoms with van der Waals surface area (Å²) in [6.07, 6.45) is 0. The average molecular weight is 511 g/mol. The monoisotopic (exact) mass is 511 g/mol. The summed E-state index contributed by atoms with van der Waals surface area (Å²) in [6.45, 7) is 0. The van der Waals surface area contributed by atoms with Crippen LogP contribution in [-0.2, 0) is 20.4 Å². The third-order valence-corrected chi connectivity index (χ3v) is 3.04. The number of amides is 1. The van der Waals surface area contributed by atoms with Crippen LogP contribution in [0, 0.1) is 0 Å². The Balaban J connectivity index is 0. The summed E-state index contributed by atoms with van der Waals surface area (Å²) >= 11 is 0. The average Bonchev–Trinajstić information content (AvgIpc) is 2.36. The van der Waals surface area contributed by atoms with Gasteiger partial charge < -0.3 is 5.48 Å². The molecule has 0 aliphatic carbocycles. The zero-order valence-corrected chi connectivity index (χ0v) is 16.4. The molecule has 0 aromatic heterocycles. The van der Waals surface area contributed by atoms with Crippen LogP contribution in [0.5, 0.6) is 0 Å². The molecule has 1 amide bonds. The fourth-order valence-electron chi connectivity index (χ4n) is 1.12. The number of carbonyl (C=O) groups excluding carboxylic acids is 1. The van der Waals surface area contributed by atoms with Crippen molar-refractivity contribution in [2.45, 2.75) is 4.90 Å². The van der Waals surface area contributed by atoms with Crippen LogP contribution in [0.3, 0.4) is 0 Å². The molecule has 1 aromatic rings. The molecule has 0 atom stereocenters. The van der Waals surface area contributed by atoms with Gasteiger partial charge in [0.2, 0.25) is 0 Å². The van der Waals surface area contributed by atoms with E-state index in [0.717, 1.165) is 0 Å². The van der Waals surface area contributed by atoms with Gasteiger partial charge in [-0.1, -0.05) is 12.1 Å². The molecule has 0 bridgehead atoms. The van der Waals surface area contributed by atoms with E-state index in [2.05, 4.69) is 0 Å². The molecular weight excluding hydrogens is 499 g/mol. The van der Waals surface area contributed by atoms with E-state index < -0.39 is 26.3 Å². The van der Waals surface area contributed by atoms with Gasteiger partial charge in [-0.15, -0.1) is 0 Å². The first-order chi connectivity index (χ1) is 7.61.